The highest BCUT2D eigenvalue weighted by molar-refractivity contribution is 5.40. The lowest BCUT2D eigenvalue weighted by atomic mass is 9.79. The van der Waals surface area contributed by atoms with Gasteiger partial charge in [-0.3, -0.25) is 0 Å². The van der Waals surface area contributed by atoms with Crippen LogP contribution in [0.2, 0.25) is 0 Å². The van der Waals surface area contributed by atoms with Crippen LogP contribution in [0.25, 0.3) is 0 Å². The minimum atomic E-state index is -0.825. The monoisotopic (exact) mass is 222 g/mol. The van der Waals surface area contributed by atoms with Gasteiger partial charge >= 0.3 is 0 Å². The van der Waals surface area contributed by atoms with E-state index in [1.165, 1.54) is 5.56 Å². The summed E-state index contributed by atoms with van der Waals surface area (Å²) < 4.78 is 10.3. The van der Waals surface area contributed by atoms with Crippen LogP contribution in [0.1, 0.15) is 24.0 Å². The van der Waals surface area contributed by atoms with Crippen LogP contribution >= 0.6 is 0 Å². The van der Waals surface area contributed by atoms with Crippen LogP contribution in [0.15, 0.2) is 18.2 Å². The molecule has 0 spiro atoms. The molecule has 0 bridgehead atoms. The van der Waals surface area contributed by atoms with E-state index < -0.39 is 5.60 Å². The van der Waals surface area contributed by atoms with Crippen LogP contribution < -0.4 is 4.74 Å². The first kappa shape index (κ1) is 11.4. The Kier molecular flexibility index (Phi) is 3.17. The van der Waals surface area contributed by atoms with Gasteiger partial charge in [-0.2, -0.15) is 0 Å². The number of aryl methyl sites for hydroxylation is 1. The number of rotatable bonds is 3. The number of hydrogen-bond donors (Lipinski definition) is 1. The zero-order valence-electron chi connectivity index (χ0n) is 9.82. The molecule has 1 aliphatic rings. The van der Waals surface area contributed by atoms with Gasteiger partial charge in [0, 0.05) is 7.11 Å². The third-order valence-corrected chi connectivity index (χ3v) is 3.23. The van der Waals surface area contributed by atoms with Crippen LogP contribution in [-0.2, 0) is 16.8 Å². The van der Waals surface area contributed by atoms with Gasteiger partial charge in [-0.1, -0.05) is 6.07 Å². The van der Waals surface area contributed by atoms with Crippen molar-refractivity contribution in [1.29, 1.82) is 0 Å². The first-order valence-corrected chi connectivity index (χ1v) is 5.58. The van der Waals surface area contributed by atoms with Crippen LogP contribution in [-0.4, -0.2) is 25.9 Å². The zero-order chi connectivity index (χ0) is 11.6. The highest BCUT2D eigenvalue weighted by Gasteiger charge is 2.34. The Morgan fingerprint density at radius 2 is 2.19 bits per heavy atom. The average Bonchev–Trinajstić information content (AvgIpc) is 2.29. The number of methoxy groups -OCH3 is 2. The molecule has 0 amide bonds. The summed E-state index contributed by atoms with van der Waals surface area (Å²) in [6.07, 6.45) is 2.75. The molecule has 0 saturated carbocycles. The van der Waals surface area contributed by atoms with E-state index in [9.17, 15) is 5.11 Å². The maximum atomic E-state index is 10.5. The molecule has 1 atom stereocenters. The van der Waals surface area contributed by atoms with Crippen molar-refractivity contribution in [3.8, 4) is 5.75 Å². The molecule has 0 aliphatic heterocycles. The summed E-state index contributed by atoms with van der Waals surface area (Å²) in [5.74, 6) is 0.848. The first-order valence-electron chi connectivity index (χ1n) is 5.58. The summed E-state index contributed by atoms with van der Waals surface area (Å²) in [5.41, 5.74) is 1.33. The summed E-state index contributed by atoms with van der Waals surface area (Å²) in [5, 5.41) is 10.5. The van der Waals surface area contributed by atoms with E-state index in [1.807, 2.05) is 18.2 Å². The van der Waals surface area contributed by atoms with Crippen molar-refractivity contribution in [2.75, 3.05) is 20.8 Å². The van der Waals surface area contributed by atoms with Gasteiger partial charge in [0.25, 0.3) is 0 Å². The van der Waals surface area contributed by atoms with Gasteiger partial charge in [-0.15, -0.1) is 0 Å². The average molecular weight is 222 g/mol. The standard InChI is InChI=1S/C13H18O3/c1-15-9-13(14)7-3-4-10-8-11(16-2)5-6-12(10)13/h5-6,8,14H,3-4,7,9H2,1-2H3. The van der Waals surface area contributed by atoms with Crippen molar-refractivity contribution in [1.82, 2.24) is 0 Å². The number of benzene rings is 1. The van der Waals surface area contributed by atoms with E-state index in [4.69, 9.17) is 9.47 Å². The van der Waals surface area contributed by atoms with Crippen molar-refractivity contribution in [3.63, 3.8) is 0 Å². The molecule has 0 heterocycles. The number of fused-ring (bicyclic) bond motifs is 1. The van der Waals surface area contributed by atoms with E-state index in [-0.39, 0.29) is 0 Å². The number of hydrogen-bond acceptors (Lipinski definition) is 3. The molecule has 0 radical (unpaired) electrons. The Balaban J connectivity index is 2.39. The molecule has 2 rings (SSSR count). The molecule has 1 N–H and O–H groups in total. The smallest absolute Gasteiger partial charge is 0.119 e. The van der Waals surface area contributed by atoms with E-state index in [2.05, 4.69) is 0 Å². The second-order valence-corrected chi connectivity index (χ2v) is 4.34. The normalized spacial score (nSPS) is 23.9. The number of ether oxygens (including phenoxy) is 2. The second kappa shape index (κ2) is 4.44. The van der Waals surface area contributed by atoms with E-state index in [0.717, 1.165) is 30.6 Å². The SMILES string of the molecule is COCC1(O)CCCc2cc(OC)ccc21. The van der Waals surface area contributed by atoms with Gasteiger partial charge in [0.1, 0.15) is 11.4 Å². The summed E-state index contributed by atoms with van der Waals surface area (Å²) >= 11 is 0. The van der Waals surface area contributed by atoms with E-state index in [1.54, 1.807) is 14.2 Å². The van der Waals surface area contributed by atoms with Gasteiger partial charge in [0.15, 0.2) is 0 Å². The van der Waals surface area contributed by atoms with Gasteiger partial charge in [-0.25, -0.2) is 0 Å². The zero-order valence-corrected chi connectivity index (χ0v) is 9.82. The van der Waals surface area contributed by atoms with Gasteiger partial charge in [-0.05, 0) is 42.5 Å². The molecule has 16 heavy (non-hydrogen) atoms. The molecular weight excluding hydrogens is 204 g/mol. The summed E-state index contributed by atoms with van der Waals surface area (Å²) in [6.45, 7) is 0.354. The van der Waals surface area contributed by atoms with Gasteiger partial charge < -0.3 is 14.6 Å². The van der Waals surface area contributed by atoms with Crippen molar-refractivity contribution in [2.45, 2.75) is 24.9 Å². The highest BCUT2D eigenvalue weighted by atomic mass is 16.5. The molecule has 1 aliphatic carbocycles. The highest BCUT2D eigenvalue weighted by Crippen LogP contribution is 2.37. The predicted octanol–water partition coefficient (Wildman–Crippen LogP) is 1.87. The lowest BCUT2D eigenvalue weighted by Crippen LogP contribution is -2.35. The first-order chi connectivity index (χ1) is 7.69. The van der Waals surface area contributed by atoms with Crippen molar-refractivity contribution < 1.29 is 14.6 Å². The van der Waals surface area contributed by atoms with Crippen molar-refractivity contribution in [3.05, 3.63) is 29.3 Å². The van der Waals surface area contributed by atoms with Gasteiger partial charge in [0.2, 0.25) is 0 Å². The lowest BCUT2D eigenvalue weighted by molar-refractivity contribution is -0.0479. The van der Waals surface area contributed by atoms with Crippen LogP contribution in [0.4, 0.5) is 0 Å². The minimum Gasteiger partial charge on any atom is -0.497 e. The van der Waals surface area contributed by atoms with Crippen LogP contribution in [0.3, 0.4) is 0 Å². The molecule has 1 unspecified atom stereocenters. The third-order valence-electron chi connectivity index (χ3n) is 3.23. The molecular formula is C13H18O3. The fraction of sp³-hybridized carbons (Fsp3) is 0.538. The lowest BCUT2D eigenvalue weighted by Gasteiger charge is -2.34. The van der Waals surface area contributed by atoms with E-state index >= 15 is 0 Å². The Morgan fingerprint density at radius 3 is 2.88 bits per heavy atom. The predicted molar refractivity (Wildman–Crippen MR) is 61.7 cm³/mol. The van der Waals surface area contributed by atoms with Crippen LogP contribution in [0.5, 0.6) is 5.75 Å². The Bertz CT molecular complexity index is 375. The third kappa shape index (κ3) is 1.93. The maximum Gasteiger partial charge on any atom is 0.119 e. The molecule has 1 aromatic rings. The summed E-state index contributed by atoms with van der Waals surface area (Å²) in [6, 6.07) is 5.85. The Morgan fingerprint density at radius 1 is 1.38 bits per heavy atom. The topological polar surface area (TPSA) is 38.7 Å². The molecule has 3 heteroatoms. The molecule has 88 valence electrons. The largest absolute Gasteiger partial charge is 0.497 e. The minimum absolute atomic E-state index is 0.354. The summed E-state index contributed by atoms with van der Waals surface area (Å²) in [7, 11) is 3.28. The Labute approximate surface area is 96.0 Å². The fourth-order valence-corrected chi connectivity index (χ4v) is 2.45. The van der Waals surface area contributed by atoms with Gasteiger partial charge in [0.05, 0.1) is 13.7 Å². The number of aliphatic hydroxyl groups is 1. The molecule has 0 fully saturated rings. The van der Waals surface area contributed by atoms with Crippen molar-refractivity contribution in [2.24, 2.45) is 0 Å². The van der Waals surface area contributed by atoms with E-state index in [0.29, 0.717) is 6.61 Å². The molecule has 1 aromatic carbocycles. The van der Waals surface area contributed by atoms with Crippen LogP contribution in [0, 0.1) is 0 Å². The molecule has 0 saturated heterocycles. The second-order valence-electron chi connectivity index (χ2n) is 4.34. The van der Waals surface area contributed by atoms with Crippen molar-refractivity contribution >= 4 is 0 Å². The Hall–Kier alpha value is -1.06. The maximum absolute atomic E-state index is 10.5. The molecule has 3 nitrogen and oxygen atoms in total. The summed E-state index contributed by atoms with van der Waals surface area (Å²) in [4.78, 5) is 0. The quantitative estimate of drug-likeness (QED) is 0.848. The molecule has 0 aromatic heterocycles. The fourth-order valence-electron chi connectivity index (χ4n) is 2.45.